The Kier molecular flexibility index (Phi) is 5.54. The van der Waals surface area contributed by atoms with Crippen LogP contribution in [-0.4, -0.2) is 15.9 Å². The van der Waals surface area contributed by atoms with Gasteiger partial charge in [0.15, 0.2) is 0 Å². The van der Waals surface area contributed by atoms with E-state index in [0.29, 0.717) is 0 Å². The Hall–Kier alpha value is -0.700. The van der Waals surface area contributed by atoms with Crippen molar-refractivity contribution in [2.45, 2.75) is 25.3 Å². The van der Waals surface area contributed by atoms with Crippen molar-refractivity contribution in [1.29, 1.82) is 0 Å². The molecule has 0 spiro atoms. The number of pyridine rings is 1. The molecule has 0 aromatic carbocycles. The van der Waals surface area contributed by atoms with Gasteiger partial charge in [-0.1, -0.05) is 13.8 Å². The number of hydrogen-bond acceptors (Lipinski definition) is 4. The summed E-state index contributed by atoms with van der Waals surface area (Å²) in [6.45, 7) is 4.45. The minimum atomic E-state index is 0.746. The molecular weight excluding hydrogens is 224 g/mol. The molecular formula is C11H14N2S2. The largest absolute Gasteiger partial charge is 0.248 e. The van der Waals surface area contributed by atoms with Crippen LogP contribution >= 0.6 is 24.0 Å². The van der Waals surface area contributed by atoms with Crippen molar-refractivity contribution < 1.29 is 0 Å². The van der Waals surface area contributed by atoms with Crippen LogP contribution < -0.4 is 0 Å². The van der Waals surface area contributed by atoms with E-state index >= 15 is 0 Å². The third kappa shape index (κ3) is 5.07. The third-order valence-corrected chi connectivity index (χ3v) is 2.91. The summed E-state index contributed by atoms with van der Waals surface area (Å²) in [6, 6.07) is 3.88. The van der Waals surface area contributed by atoms with Gasteiger partial charge in [0.1, 0.15) is 0 Å². The summed E-state index contributed by atoms with van der Waals surface area (Å²) in [4.78, 5) is 8.13. The molecule has 0 amide bonds. The maximum atomic E-state index is 4.52. The van der Waals surface area contributed by atoms with Gasteiger partial charge in [0, 0.05) is 0 Å². The SMILES string of the molecule is CC(C)CCSc1ccc(N=C=S)cn1. The number of hydrogen-bond donors (Lipinski definition) is 0. The van der Waals surface area contributed by atoms with E-state index in [-0.39, 0.29) is 0 Å². The number of thioether (sulfide) groups is 1. The number of rotatable bonds is 5. The van der Waals surface area contributed by atoms with E-state index in [9.17, 15) is 0 Å². The molecule has 0 fully saturated rings. The minimum absolute atomic E-state index is 0.746. The Morgan fingerprint density at radius 1 is 1.53 bits per heavy atom. The van der Waals surface area contributed by atoms with E-state index in [0.717, 1.165) is 22.4 Å². The highest BCUT2D eigenvalue weighted by molar-refractivity contribution is 7.99. The first-order valence-electron chi connectivity index (χ1n) is 4.89. The second-order valence-electron chi connectivity index (χ2n) is 3.59. The van der Waals surface area contributed by atoms with Gasteiger partial charge in [0.05, 0.1) is 22.1 Å². The fourth-order valence-corrected chi connectivity index (χ4v) is 2.17. The quantitative estimate of drug-likeness (QED) is 0.441. The highest BCUT2D eigenvalue weighted by Gasteiger charge is 1.98. The molecule has 1 aromatic heterocycles. The Balaban J connectivity index is 2.46. The van der Waals surface area contributed by atoms with Gasteiger partial charge in [-0.05, 0) is 42.4 Å². The molecule has 0 atom stereocenters. The molecule has 4 heteroatoms. The van der Waals surface area contributed by atoms with Gasteiger partial charge in [0.2, 0.25) is 0 Å². The Morgan fingerprint density at radius 2 is 2.33 bits per heavy atom. The van der Waals surface area contributed by atoms with E-state index < -0.39 is 0 Å². The zero-order valence-corrected chi connectivity index (χ0v) is 10.6. The summed E-state index contributed by atoms with van der Waals surface area (Å²) in [6.07, 6.45) is 2.93. The Labute approximate surface area is 100 Å². The van der Waals surface area contributed by atoms with E-state index in [1.54, 1.807) is 18.0 Å². The monoisotopic (exact) mass is 238 g/mol. The van der Waals surface area contributed by atoms with Crippen LogP contribution in [0.3, 0.4) is 0 Å². The molecule has 2 nitrogen and oxygen atoms in total. The van der Waals surface area contributed by atoms with Crippen molar-refractivity contribution in [3.63, 3.8) is 0 Å². The predicted molar refractivity (Wildman–Crippen MR) is 69.1 cm³/mol. The summed E-state index contributed by atoms with van der Waals surface area (Å²) >= 11 is 6.29. The molecule has 0 aliphatic carbocycles. The summed E-state index contributed by atoms with van der Waals surface area (Å²) in [5, 5.41) is 3.36. The first-order chi connectivity index (χ1) is 7.22. The maximum Gasteiger partial charge on any atom is 0.0961 e. The summed E-state index contributed by atoms with van der Waals surface area (Å²) in [7, 11) is 0. The zero-order chi connectivity index (χ0) is 11.1. The van der Waals surface area contributed by atoms with Gasteiger partial charge < -0.3 is 0 Å². The number of nitrogens with zero attached hydrogens (tertiary/aromatic N) is 2. The number of aliphatic imine (C=N–C) groups is 1. The van der Waals surface area contributed by atoms with Crippen molar-refractivity contribution in [3.05, 3.63) is 18.3 Å². The van der Waals surface area contributed by atoms with Crippen LogP contribution in [0.1, 0.15) is 20.3 Å². The van der Waals surface area contributed by atoms with Gasteiger partial charge >= 0.3 is 0 Å². The highest BCUT2D eigenvalue weighted by Crippen LogP contribution is 2.20. The van der Waals surface area contributed by atoms with Gasteiger partial charge in [-0.15, -0.1) is 11.8 Å². The smallest absolute Gasteiger partial charge is 0.0961 e. The second-order valence-corrected chi connectivity index (χ2v) is 4.89. The number of thiocarbonyl (C=S) groups is 1. The first-order valence-corrected chi connectivity index (χ1v) is 6.28. The molecule has 0 unspecified atom stereocenters. The molecule has 0 saturated carbocycles. The molecule has 0 radical (unpaired) electrons. The molecule has 0 N–H and O–H groups in total. The van der Waals surface area contributed by atoms with Gasteiger partial charge in [-0.25, -0.2) is 4.98 Å². The molecule has 1 rings (SSSR count). The fraction of sp³-hybridized carbons (Fsp3) is 0.455. The lowest BCUT2D eigenvalue weighted by Crippen LogP contribution is -1.89. The average molecular weight is 238 g/mol. The standard InChI is InChI=1S/C11H14N2S2/c1-9(2)5-6-15-11-4-3-10(7-12-11)13-8-14/h3-4,7,9H,5-6H2,1-2H3. The molecule has 0 aliphatic rings. The van der Waals surface area contributed by atoms with Crippen LogP contribution in [0.4, 0.5) is 5.69 Å². The van der Waals surface area contributed by atoms with Crippen LogP contribution in [0.5, 0.6) is 0 Å². The minimum Gasteiger partial charge on any atom is -0.248 e. The molecule has 0 bridgehead atoms. The van der Waals surface area contributed by atoms with E-state index in [1.165, 1.54) is 6.42 Å². The lowest BCUT2D eigenvalue weighted by atomic mass is 10.2. The lowest BCUT2D eigenvalue weighted by Gasteiger charge is -2.03. The molecule has 0 saturated heterocycles. The molecule has 1 aromatic rings. The molecule has 80 valence electrons. The Bertz CT molecular complexity index is 340. The van der Waals surface area contributed by atoms with Gasteiger partial charge in [-0.3, -0.25) is 0 Å². The second kappa shape index (κ2) is 6.72. The summed E-state index contributed by atoms with van der Waals surface area (Å²) in [5.41, 5.74) is 0.762. The van der Waals surface area contributed by atoms with Gasteiger partial charge in [0.25, 0.3) is 0 Å². The van der Waals surface area contributed by atoms with Crippen LogP contribution in [0.2, 0.25) is 0 Å². The van der Waals surface area contributed by atoms with E-state index in [4.69, 9.17) is 0 Å². The molecule has 15 heavy (non-hydrogen) atoms. The third-order valence-electron chi connectivity index (χ3n) is 1.84. The van der Waals surface area contributed by atoms with E-state index in [1.807, 2.05) is 12.1 Å². The fourth-order valence-electron chi connectivity index (χ4n) is 0.976. The van der Waals surface area contributed by atoms with Crippen molar-refractivity contribution in [2.75, 3.05) is 5.75 Å². The number of aromatic nitrogens is 1. The topological polar surface area (TPSA) is 25.2 Å². The van der Waals surface area contributed by atoms with Crippen molar-refractivity contribution in [1.82, 2.24) is 4.98 Å². The predicted octanol–water partition coefficient (Wildman–Crippen LogP) is 3.95. The normalized spacial score (nSPS) is 10.1. The first kappa shape index (κ1) is 12.4. The van der Waals surface area contributed by atoms with E-state index in [2.05, 4.69) is 41.2 Å². The molecule has 1 heterocycles. The van der Waals surface area contributed by atoms with Crippen LogP contribution in [0, 0.1) is 5.92 Å². The van der Waals surface area contributed by atoms with Crippen LogP contribution in [0.25, 0.3) is 0 Å². The van der Waals surface area contributed by atoms with Crippen LogP contribution in [0.15, 0.2) is 28.3 Å². The summed E-state index contributed by atoms with van der Waals surface area (Å²) in [5.74, 6) is 1.86. The highest BCUT2D eigenvalue weighted by atomic mass is 32.2. The number of isothiocyanates is 1. The summed E-state index contributed by atoms with van der Waals surface area (Å²) < 4.78 is 0. The van der Waals surface area contributed by atoms with Crippen molar-refractivity contribution in [2.24, 2.45) is 10.9 Å². The van der Waals surface area contributed by atoms with Crippen molar-refractivity contribution >= 4 is 34.8 Å². The lowest BCUT2D eigenvalue weighted by molar-refractivity contribution is 0.632. The van der Waals surface area contributed by atoms with Gasteiger partial charge in [-0.2, -0.15) is 4.99 Å². The maximum absolute atomic E-state index is 4.52. The van der Waals surface area contributed by atoms with Crippen LogP contribution in [-0.2, 0) is 0 Å². The van der Waals surface area contributed by atoms with Crippen molar-refractivity contribution in [3.8, 4) is 0 Å². The zero-order valence-electron chi connectivity index (χ0n) is 8.93. The average Bonchev–Trinajstić information content (AvgIpc) is 2.20. The Morgan fingerprint density at radius 3 is 2.87 bits per heavy atom. The molecule has 0 aliphatic heterocycles.